The van der Waals surface area contributed by atoms with Crippen LogP contribution >= 0.6 is 11.6 Å². The Hall–Kier alpha value is -2.85. The van der Waals surface area contributed by atoms with Gasteiger partial charge in [-0.05, 0) is 48.4 Å². The highest BCUT2D eigenvalue weighted by molar-refractivity contribution is 7.92. The van der Waals surface area contributed by atoms with Gasteiger partial charge in [-0.2, -0.15) is 0 Å². The van der Waals surface area contributed by atoms with Crippen LogP contribution < -0.4 is 10.0 Å². The minimum Gasteiger partial charge on any atom is -0.378 e. The fraction of sp³-hybridized carbons (Fsp3) is 0.158. The molecule has 0 saturated carbocycles. The molecule has 0 spiro atoms. The van der Waals surface area contributed by atoms with Crippen LogP contribution in [0.5, 0.6) is 0 Å². The first-order valence-corrected chi connectivity index (χ1v) is 10.6. The standard InChI is InChI=1S/C19H16ClF3N4O2S/c1-2-17(13-7-11(21)3-4-14(13)20)26-12-8-15(22)19(16(23)9-12)30(28,29)27-18-5-6-24-10-25-18/h3-10,17,26H,2H2,1H3,(H,24,25,27). The van der Waals surface area contributed by atoms with E-state index in [1.165, 1.54) is 30.5 Å². The maximum atomic E-state index is 14.6. The molecule has 30 heavy (non-hydrogen) atoms. The average Bonchev–Trinajstić information content (AvgIpc) is 2.67. The van der Waals surface area contributed by atoms with Crippen molar-refractivity contribution in [1.82, 2.24) is 9.97 Å². The third-order valence-electron chi connectivity index (χ3n) is 4.17. The minimum atomic E-state index is -4.58. The second kappa shape index (κ2) is 8.88. The quantitative estimate of drug-likeness (QED) is 0.527. The van der Waals surface area contributed by atoms with E-state index in [-0.39, 0.29) is 16.5 Å². The molecule has 0 aliphatic carbocycles. The summed E-state index contributed by atoms with van der Waals surface area (Å²) < 4.78 is 69.6. The highest BCUT2D eigenvalue weighted by Gasteiger charge is 2.26. The Balaban J connectivity index is 1.91. The molecule has 0 saturated heterocycles. The molecule has 6 nitrogen and oxygen atoms in total. The smallest absolute Gasteiger partial charge is 0.268 e. The molecule has 3 aromatic rings. The van der Waals surface area contributed by atoms with Crippen LogP contribution in [0.25, 0.3) is 0 Å². The molecule has 0 aliphatic rings. The highest BCUT2D eigenvalue weighted by Crippen LogP contribution is 2.31. The molecule has 0 amide bonds. The number of sulfonamides is 1. The molecule has 1 heterocycles. The minimum absolute atomic E-state index is 0.0295. The topological polar surface area (TPSA) is 84.0 Å². The fourth-order valence-corrected chi connectivity index (χ4v) is 4.20. The monoisotopic (exact) mass is 456 g/mol. The van der Waals surface area contributed by atoms with Crippen LogP contribution in [0.15, 0.2) is 53.8 Å². The third kappa shape index (κ3) is 4.82. The summed E-state index contributed by atoms with van der Waals surface area (Å²) in [6, 6.07) is 6.15. The Kier molecular flexibility index (Phi) is 6.47. The SMILES string of the molecule is CCC(Nc1cc(F)c(S(=O)(=O)Nc2ccncn2)c(F)c1)c1cc(F)ccc1Cl. The normalized spacial score (nSPS) is 12.4. The molecule has 3 rings (SSSR count). The molecular weight excluding hydrogens is 441 g/mol. The molecule has 2 N–H and O–H groups in total. The first-order valence-electron chi connectivity index (χ1n) is 8.70. The third-order valence-corrected chi connectivity index (χ3v) is 5.92. The van der Waals surface area contributed by atoms with Crippen molar-refractivity contribution in [1.29, 1.82) is 0 Å². The second-order valence-electron chi connectivity index (χ2n) is 6.24. The van der Waals surface area contributed by atoms with Gasteiger partial charge in [-0.3, -0.25) is 4.72 Å². The maximum absolute atomic E-state index is 14.6. The second-order valence-corrected chi connectivity index (χ2v) is 8.27. The molecule has 0 radical (unpaired) electrons. The van der Waals surface area contributed by atoms with Crippen LogP contribution in [0.4, 0.5) is 24.7 Å². The van der Waals surface area contributed by atoms with Crippen molar-refractivity contribution in [2.24, 2.45) is 0 Å². The maximum Gasteiger partial charge on any atom is 0.268 e. The number of rotatable bonds is 7. The van der Waals surface area contributed by atoms with Gasteiger partial charge in [0.05, 0.1) is 6.04 Å². The van der Waals surface area contributed by atoms with E-state index in [2.05, 4.69) is 15.3 Å². The van der Waals surface area contributed by atoms with E-state index >= 15 is 0 Å². The number of hydrogen-bond donors (Lipinski definition) is 2. The first kappa shape index (κ1) is 21.8. The Labute approximate surface area is 176 Å². The summed E-state index contributed by atoms with van der Waals surface area (Å²) in [5.41, 5.74) is 0.375. The molecule has 2 aromatic carbocycles. The summed E-state index contributed by atoms with van der Waals surface area (Å²) in [7, 11) is -4.58. The van der Waals surface area contributed by atoms with Gasteiger partial charge in [0.1, 0.15) is 29.6 Å². The number of benzene rings is 2. The predicted molar refractivity (Wildman–Crippen MR) is 107 cm³/mol. The van der Waals surface area contributed by atoms with Gasteiger partial charge in [0.25, 0.3) is 10.0 Å². The summed E-state index contributed by atoms with van der Waals surface area (Å²) in [6.07, 6.45) is 2.77. The highest BCUT2D eigenvalue weighted by atomic mass is 35.5. The van der Waals surface area contributed by atoms with Crippen molar-refractivity contribution >= 4 is 33.1 Å². The predicted octanol–water partition coefficient (Wildman–Crippen LogP) is 4.91. The van der Waals surface area contributed by atoms with Gasteiger partial charge in [-0.1, -0.05) is 18.5 Å². The molecular formula is C19H16ClF3N4O2S. The van der Waals surface area contributed by atoms with Gasteiger partial charge < -0.3 is 5.32 Å². The summed E-state index contributed by atoms with van der Waals surface area (Å²) in [6.45, 7) is 1.77. The molecule has 1 unspecified atom stereocenters. The van der Waals surface area contributed by atoms with E-state index < -0.39 is 38.4 Å². The zero-order valence-corrected chi connectivity index (χ0v) is 17.1. The molecule has 1 atom stereocenters. The lowest BCUT2D eigenvalue weighted by Crippen LogP contribution is -2.18. The number of halogens is 4. The van der Waals surface area contributed by atoms with Crippen molar-refractivity contribution in [3.63, 3.8) is 0 Å². The largest absolute Gasteiger partial charge is 0.378 e. The molecule has 1 aromatic heterocycles. The van der Waals surface area contributed by atoms with Gasteiger partial charge >= 0.3 is 0 Å². The Bertz CT molecular complexity index is 1140. The Morgan fingerprint density at radius 3 is 2.40 bits per heavy atom. The average molecular weight is 457 g/mol. The summed E-state index contributed by atoms with van der Waals surface area (Å²) in [5.74, 6) is -3.26. The van der Waals surface area contributed by atoms with Crippen molar-refractivity contribution in [2.45, 2.75) is 24.3 Å². The van der Waals surface area contributed by atoms with Crippen molar-refractivity contribution in [2.75, 3.05) is 10.0 Å². The van der Waals surface area contributed by atoms with Crippen LogP contribution in [-0.2, 0) is 10.0 Å². The van der Waals surface area contributed by atoms with E-state index in [4.69, 9.17) is 11.6 Å². The summed E-state index contributed by atoms with van der Waals surface area (Å²) in [5, 5.41) is 3.14. The van der Waals surface area contributed by atoms with Gasteiger partial charge in [0.15, 0.2) is 4.90 Å². The lowest BCUT2D eigenvalue weighted by molar-refractivity contribution is 0.521. The van der Waals surface area contributed by atoms with E-state index in [0.717, 1.165) is 18.5 Å². The number of aromatic nitrogens is 2. The van der Waals surface area contributed by atoms with Crippen LogP contribution in [0, 0.1) is 17.5 Å². The van der Waals surface area contributed by atoms with Gasteiger partial charge in [0, 0.05) is 16.9 Å². The number of anilines is 2. The zero-order valence-electron chi connectivity index (χ0n) is 15.5. The van der Waals surface area contributed by atoms with E-state index in [9.17, 15) is 21.6 Å². The number of nitrogens with one attached hydrogen (secondary N) is 2. The summed E-state index contributed by atoms with van der Waals surface area (Å²) >= 11 is 6.11. The van der Waals surface area contributed by atoms with E-state index in [0.29, 0.717) is 12.0 Å². The summed E-state index contributed by atoms with van der Waals surface area (Å²) in [4.78, 5) is 6.15. The Morgan fingerprint density at radius 1 is 1.10 bits per heavy atom. The van der Waals surface area contributed by atoms with Crippen molar-refractivity contribution < 1.29 is 21.6 Å². The number of nitrogens with zero attached hydrogens (tertiary/aromatic N) is 2. The van der Waals surface area contributed by atoms with Crippen LogP contribution in [0.1, 0.15) is 24.9 Å². The zero-order chi connectivity index (χ0) is 21.9. The van der Waals surface area contributed by atoms with Crippen LogP contribution in [0.2, 0.25) is 5.02 Å². The van der Waals surface area contributed by atoms with Gasteiger partial charge in [0.2, 0.25) is 0 Å². The molecule has 0 bridgehead atoms. The fourth-order valence-electron chi connectivity index (χ4n) is 2.82. The first-order chi connectivity index (χ1) is 14.2. The van der Waals surface area contributed by atoms with Gasteiger partial charge in [-0.15, -0.1) is 0 Å². The Morgan fingerprint density at radius 2 is 1.80 bits per heavy atom. The van der Waals surface area contributed by atoms with E-state index in [1.807, 2.05) is 4.72 Å². The molecule has 0 fully saturated rings. The van der Waals surface area contributed by atoms with Crippen molar-refractivity contribution in [3.05, 3.63) is 77.0 Å². The van der Waals surface area contributed by atoms with Gasteiger partial charge in [-0.25, -0.2) is 31.6 Å². The van der Waals surface area contributed by atoms with Crippen molar-refractivity contribution in [3.8, 4) is 0 Å². The number of hydrogen-bond acceptors (Lipinski definition) is 5. The molecule has 0 aliphatic heterocycles. The lowest BCUT2D eigenvalue weighted by Gasteiger charge is -2.21. The lowest BCUT2D eigenvalue weighted by atomic mass is 10.0. The van der Waals surface area contributed by atoms with Crippen LogP contribution in [-0.4, -0.2) is 18.4 Å². The van der Waals surface area contributed by atoms with Crippen LogP contribution in [0.3, 0.4) is 0 Å². The molecule has 11 heteroatoms. The molecule has 158 valence electrons. The van der Waals surface area contributed by atoms with E-state index in [1.54, 1.807) is 6.92 Å².